The van der Waals surface area contributed by atoms with Gasteiger partial charge in [-0.3, -0.25) is 0 Å². The third kappa shape index (κ3) is 3.79. The lowest BCUT2D eigenvalue weighted by molar-refractivity contribution is 0.448. The number of hydrogen-bond acceptors (Lipinski definition) is 2. The number of hydrogen-bond donors (Lipinski definition) is 0. The summed E-state index contributed by atoms with van der Waals surface area (Å²) in [5, 5.41) is -3.56. The highest BCUT2D eigenvalue weighted by Gasteiger charge is 2.30. The summed E-state index contributed by atoms with van der Waals surface area (Å²) in [6, 6.07) is 0. The molecular formula is C11H10Cl3F4N2P. The average molecular weight is 384 g/mol. The number of nitrogens with zero attached hydrogens (tertiary/aromatic N) is 2. The molecule has 1 aromatic carbocycles. The minimum absolute atomic E-state index is 0.320. The molecule has 21 heavy (non-hydrogen) atoms. The van der Waals surface area contributed by atoms with Crippen molar-refractivity contribution >= 4 is 50.2 Å². The van der Waals surface area contributed by atoms with Gasteiger partial charge in [-0.05, 0) is 53.0 Å². The molecule has 2 nitrogen and oxygen atoms in total. The summed E-state index contributed by atoms with van der Waals surface area (Å²) in [5.74, 6) is -6.34. The number of benzene rings is 1. The fraction of sp³-hybridized carbons (Fsp3) is 0.455. The second-order valence-electron chi connectivity index (χ2n) is 4.52. The van der Waals surface area contributed by atoms with Crippen molar-refractivity contribution in [2.75, 3.05) is 18.0 Å². The lowest BCUT2D eigenvalue weighted by Crippen LogP contribution is -2.31. The number of halogens is 7. The fourth-order valence-corrected chi connectivity index (χ4v) is 3.29. The molecule has 10 heteroatoms. The van der Waals surface area contributed by atoms with Crippen LogP contribution in [0.3, 0.4) is 0 Å². The van der Waals surface area contributed by atoms with Gasteiger partial charge in [-0.25, -0.2) is 22.3 Å². The van der Waals surface area contributed by atoms with Crippen LogP contribution in [0.25, 0.3) is 0 Å². The Morgan fingerprint density at radius 2 is 1.29 bits per heavy atom. The molecule has 0 radical (unpaired) electrons. The Morgan fingerprint density at radius 3 is 1.71 bits per heavy atom. The first kappa shape index (κ1) is 17.2. The van der Waals surface area contributed by atoms with Gasteiger partial charge < -0.3 is 4.90 Å². The standard InChI is InChI=1S/C11H10Cl3F4N2P/c12-21(13,14)19-10-6(15)8(17)11(9(18)7(10)16)20-4-2-1-3-5-20/h1-5H2. The van der Waals surface area contributed by atoms with Crippen molar-refractivity contribution in [1.82, 2.24) is 0 Å². The molecule has 0 amide bonds. The zero-order valence-corrected chi connectivity index (χ0v) is 13.7. The van der Waals surface area contributed by atoms with E-state index in [1.807, 2.05) is 0 Å². The molecular weight excluding hydrogens is 373 g/mol. The van der Waals surface area contributed by atoms with E-state index in [1.54, 1.807) is 0 Å². The van der Waals surface area contributed by atoms with Crippen LogP contribution in [0.15, 0.2) is 4.74 Å². The largest absolute Gasteiger partial charge is 0.367 e. The Balaban J connectivity index is 2.61. The molecule has 0 unspecified atom stereocenters. The highest BCUT2D eigenvalue weighted by atomic mass is 36.0. The van der Waals surface area contributed by atoms with Gasteiger partial charge in [0.05, 0.1) is 0 Å². The molecule has 118 valence electrons. The quantitative estimate of drug-likeness (QED) is 0.322. The van der Waals surface area contributed by atoms with Gasteiger partial charge in [0.1, 0.15) is 11.4 Å². The first-order valence-electron chi connectivity index (χ1n) is 6.04. The summed E-state index contributed by atoms with van der Waals surface area (Å²) in [6.07, 6.45) is 2.28. The predicted molar refractivity (Wildman–Crippen MR) is 78.9 cm³/mol. The van der Waals surface area contributed by atoms with E-state index in [2.05, 4.69) is 4.74 Å². The van der Waals surface area contributed by atoms with Crippen LogP contribution in [0.4, 0.5) is 28.9 Å². The van der Waals surface area contributed by atoms with Crippen molar-refractivity contribution in [3.8, 4) is 0 Å². The van der Waals surface area contributed by atoms with Crippen molar-refractivity contribution in [2.45, 2.75) is 19.3 Å². The molecule has 1 heterocycles. The zero-order chi connectivity index (χ0) is 15.8. The van der Waals surface area contributed by atoms with E-state index in [0.29, 0.717) is 25.9 Å². The van der Waals surface area contributed by atoms with Crippen molar-refractivity contribution in [2.24, 2.45) is 4.74 Å². The van der Waals surface area contributed by atoms with Gasteiger partial charge in [0.15, 0.2) is 23.3 Å². The molecule has 1 aliphatic rings. The summed E-state index contributed by atoms with van der Waals surface area (Å²) in [7, 11) is 0. The van der Waals surface area contributed by atoms with E-state index >= 15 is 0 Å². The monoisotopic (exact) mass is 382 g/mol. The van der Waals surface area contributed by atoms with Crippen LogP contribution in [0, 0.1) is 23.3 Å². The van der Waals surface area contributed by atoms with Crippen LogP contribution in [0.1, 0.15) is 19.3 Å². The summed E-state index contributed by atoms with van der Waals surface area (Å²) in [5.41, 5.74) is -1.95. The Labute approximate surface area is 133 Å². The van der Waals surface area contributed by atoms with Gasteiger partial charge in [-0.1, -0.05) is 0 Å². The van der Waals surface area contributed by atoms with Crippen LogP contribution in [-0.4, -0.2) is 13.1 Å². The third-order valence-corrected chi connectivity index (χ3v) is 4.21. The van der Waals surface area contributed by atoms with E-state index in [0.717, 1.165) is 6.42 Å². The molecule has 0 aromatic heterocycles. The lowest BCUT2D eigenvalue weighted by Gasteiger charge is -2.29. The van der Waals surface area contributed by atoms with E-state index in [1.165, 1.54) is 4.90 Å². The maximum atomic E-state index is 14.1. The zero-order valence-electron chi connectivity index (χ0n) is 10.5. The Hall–Kier alpha value is -0.160. The maximum absolute atomic E-state index is 14.1. The predicted octanol–water partition coefficient (Wildman–Crippen LogP) is 6.53. The second-order valence-corrected chi connectivity index (χ2v) is 11.5. The topological polar surface area (TPSA) is 15.6 Å². The minimum Gasteiger partial charge on any atom is -0.367 e. The molecule has 1 aromatic rings. The Bertz CT molecular complexity index is 577. The van der Waals surface area contributed by atoms with Crippen molar-refractivity contribution in [3.63, 3.8) is 0 Å². The molecule has 0 saturated carbocycles. The molecule has 0 bridgehead atoms. The first-order valence-corrected chi connectivity index (χ1v) is 10.5. The van der Waals surface area contributed by atoms with E-state index in [9.17, 15) is 17.6 Å². The van der Waals surface area contributed by atoms with Gasteiger partial charge in [-0.2, -0.15) is 0 Å². The van der Waals surface area contributed by atoms with Crippen LogP contribution in [0.5, 0.6) is 0 Å². The fourth-order valence-electron chi connectivity index (χ4n) is 2.20. The van der Waals surface area contributed by atoms with Gasteiger partial charge >= 0.3 is 0 Å². The van der Waals surface area contributed by atoms with Crippen molar-refractivity contribution < 1.29 is 17.6 Å². The Kier molecular flexibility index (Phi) is 5.35. The SMILES string of the molecule is Fc1c(F)c(N2CCCCC2)c(F)c(F)c1N=P(Cl)(Cl)Cl. The molecule has 1 saturated heterocycles. The molecule has 1 fully saturated rings. The van der Waals surface area contributed by atoms with E-state index in [4.69, 9.17) is 33.7 Å². The van der Waals surface area contributed by atoms with Crippen molar-refractivity contribution in [3.05, 3.63) is 23.3 Å². The highest BCUT2D eigenvalue weighted by Crippen LogP contribution is 2.67. The van der Waals surface area contributed by atoms with E-state index in [-0.39, 0.29) is 0 Å². The Morgan fingerprint density at radius 1 is 0.810 bits per heavy atom. The molecule has 0 spiro atoms. The maximum Gasteiger partial charge on any atom is 0.229 e. The number of piperidine rings is 1. The molecule has 2 rings (SSSR count). The van der Waals surface area contributed by atoms with Crippen LogP contribution >= 0.6 is 38.8 Å². The molecule has 1 aliphatic heterocycles. The van der Waals surface area contributed by atoms with Crippen LogP contribution in [-0.2, 0) is 0 Å². The lowest BCUT2D eigenvalue weighted by atomic mass is 10.1. The van der Waals surface area contributed by atoms with Crippen LogP contribution in [0.2, 0.25) is 0 Å². The first-order chi connectivity index (χ1) is 9.72. The summed E-state index contributed by atoms with van der Waals surface area (Å²) >= 11 is 16.2. The highest BCUT2D eigenvalue weighted by molar-refractivity contribution is 8.26. The van der Waals surface area contributed by atoms with Gasteiger partial charge in [0.2, 0.25) is 5.11 Å². The summed E-state index contributed by atoms with van der Waals surface area (Å²) < 4.78 is 59.1. The molecule has 0 atom stereocenters. The smallest absolute Gasteiger partial charge is 0.229 e. The van der Waals surface area contributed by atoms with Gasteiger partial charge in [-0.15, -0.1) is 0 Å². The summed E-state index contributed by atoms with van der Waals surface area (Å²) in [6.45, 7) is 0.640. The number of rotatable bonds is 2. The van der Waals surface area contributed by atoms with Gasteiger partial charge in [0.25, 0.3) is 0 Å². The third-order valence-electron chi connectivity index (χ3n) is 3.10. The second kappa shape index (κ2) is 6.53. The molecule has 0 N–H and O–H groups in total. The number of anilines is 1. The normalized spacial score (nSPS) is 16.2. The average Bonchev–Trinajstić information content (AvgIpc) is 2.42. The minimum atomic E-state index is -3.56. The molecule has 0 aliphatic carbocycles. The summed E-state index contributed by atoms with van der Waals surface area (Å²) in [4.78, 5) is 1.27. The van der Waals surface area contributed by atoms with E-state index < -0.39 is 39.8 Å². The van der Waals surface area contributed by atoms with Crippen molar-refractivity contribution in [1.29, 1.82) is 0 Å². The van der Waals surface area contributed by atoms with Gasteiger partial charge in [0, 0.05) is 13.1 Å². The van der Waals surface area contributed by atoms with Crippen LogP contribution < -0.4 is 4.90 Å².